The van der Waals surface area contributed by atoms with Gasteiger partial charge in [0.25, 0.3) is 0 Å². The van der Waals surface area contributed by atoms with Crippen molar-refractivity contribution in [1.82, 2.24) is 20.3 Å². The summed E-state index contributed by atoms with van der Waals surface area (Å²) in [5, 5.41) is 21.7. The fraction of sp³-hybridized carbons (Fsp3) is 0.0638. The Bertz CT molecular complexity index is 2990. The van der Waals surface area contributed by atoms with Gasteiger partial charge in [-0.25, -0.2) is 10.4 Å². The number of hydrogen-bond acceptors (Lipinski definition) is 3. The molecule has 9 aromatic carbocycles. The molecular weight excluding hydrogens is 621 g/mol. The van der Waals surface area contributed by atoms with E-state index in [0.717, 1.165) is 6.54 Å². The van der Waals surface area contributed by atoms with Gasteiger partial charge >= 0.3 is 0 Å². The maximum Gasteiger partial charge on any atom is 0.153 e. The first-order valence-electron chi connectivity index (χ1n) is 17.8. The van der Waals surface area contributed by atoms with Crippen molar-refractivity contribution >= 4 is 75.7 Å². The number of aromatic nitrogens is 1. The van der Waals surface area contributed by atoms with Crippen molar-refractivity contribution in [3.05, 3.63) is 181 Å². The molecule has 0 spiro atoms. The molecule has 1 fully saturated rings. The molecule has 11 rings (SSSR count). The number of fused-ring (bicyclic) bond motifs is 12. The minimum absolute atomic E-state index is 0.0742. The van der Waals surface area contributed by atoms with Crippen LogP contribution < -0.4 is 10.7 Å². The highest BCUT2D eigenvalue weighted by atomic mass is 15.7. The summed E-state index contributed by atoms with van der Waals surface area (Å²) in [5.74, 6) is 0. The SMILES string of the molecule is c1ccc2cc(CN3NC(n4c5ccccc5c5c6c7ccccc7ccc6c6ccccc6c54)NC3c3ccc4ccccc4c3)ccc2c1. The van der Waals surface area contributed by atoms with Crippen LogP contribution in [0.5, 0.6) is 0 Å². The Labute approximate surface area is 295 Å². The molecule has 242 valence electrons. The third-order valence-corrected chi connectivity index (χ3v) is 11.0. The van der Waals surface area contributed by atoms with Crippen molar-refractivity contribution in [3.8, 4) is 0 Å². The van der Waals surface area contributed by atoms with E-state index in [2.05, 4.69) is 190 Å². The molecule has 0 radical (unpaired) electrons. The Hall–Kier alpha value is -6.04. The smallest absolute Gasteiger partial charge is 0.153 e. The summed E-state index contributed by atoms with van der Waals surface area (Å²) >= 11 is 0. The lowest BCUT2D eigenvalue weighted by Gasteiger charge is -2.24. The number of hydrazine groups is 1. The molecule has 2 unspecified atom stereocenters. The molecule has 2 N–H and O–H groups in total. The monoisotopic (exact) mass is 654 g/mol. The van der Waals surface area contributed by atoms with Gasteiger partial charge in [0.15, 0.2) is 6.29 Å². The van der Waals surface area contributed by atoms with E-state index in [1.165, 1.54) is 86.8 Å². The van der Waals surface area contributed by atoms with Crippen LogP contribution in [0.1, 0.15) is 23.6 Å². The Morgan fingerprint density at radius 1 is 0.451 bits per heavy atom. The number of nitrogens with zero attached hydrogens (tertiary/aromatic N) is 2. The van der Waals surface area contributed by atoms with E-state index in [1.807, 2.05) is 0 Å². The van der Waals surface area contributed by atoms with Crippen LogP contribution in [0.15, 0.2) is 170 Å². The lowest BCUT2D eigenvalue weighted by atomic mass is 9.93. The summed E-state index contributed by atoms with van der Waals surface area (Å²) in [6.07, 6.45) is -0.282. The van der Waals surface area contributed by atoms with Gasteiger partial charge < -0.3 is 4.57 Å². The standard InChI is InChI=1S/C47H34N4/c1-3-14-34-27-30(21-22-31(34)11-1)29-50-46(36-24-23-32-12-2-4-15-35(32)28-36)48-47(49-50)51-42-20-10-9-19-41(42)44-43-37-16-6-5-13-33(37)25-26-39(43)38-17-7-8-18-40(38)45(44)51/h1-28,46-49H,29H2. The number of benzene rings is 9. The van der Waals surface area contributed by atoms with E-state index >= 15 is 0 Å². The highest BCUT2D eigenvalue weighted by molar-refractivity contribution is 6.36. The zero-order valence-corrected chi connectivity index (χ0v) is 27.9. The van der Waals surface area contributed by atoms with Gasteiger partial charge in [-0.3, -0.25) is 5.32 Å². The minimum atomic E-state index is -0.208. The molecule has 4 nitrogen and oxygen atoms in total. The van der Waals surface area contributed by atoms with Crippen molar-refractivity contribution in [1.29, 1.82) is 0 Å². The van der Waals surface area contributed by atoms with Gasteiger partial charge in [0.1, 0.15) is 6.17 Å². The normalized spacial score (nSPS) is 16.9. The molecule has 2 atom stereocenters. The van der Waals surface area contributed by atoms with Crippen molar-refractivity contribution in [2.45, 2.75) is 19.0 Å². The van der Waals surface area contributed by atoms with Crippen molar-refractivity contribution < 1.29 is 0 Å². The van der Waals surface area contributed by atoms with E-state index in [1.54, 1.807) is 0 Å². The third-order valence-electron chi connectivity index (χ3n) is 11.0. The van der Waals surface area contributed by atoms with E-state index < -0.39 is 0 Å². The Morgan fingerprint density at radius 2 is 1.06 bits per heavy atom. The Balaban J connectivity index is 1.15. The van der Waals surface area contributed by atoms with Gasteiger partial charge in [0, 0.05) is 28.1 Å². The van der Waals surface area contributed by atoms with Gasteiger partial charge in [-0.05, 0) is 72.4 Å². The average Bonchev–Trinajstić information content (AvgIpc) is 3.76. The van der Waals surface area contributed by atoms with Crippen LogP contribution in [0.2, 0.25) is 0 Å². The van der Waals surface area contributed by atoms with E-state index in [9.17, 15) is 0 Å². The molecule has 0 amide bonds. The van der Waals surface area contributed by atoms with E-state index in [4.69, 9.17) is 0 Å². The van der Waals surface area contributed by atoms with Crippen LogP contribution in [0.4, 0.5) is 0 Å². The molecule has 1 saturated heterocycles. The minimum Gasteiger partial charge on any atom is -0.310 e. The van der Waals surface area contributed by atoms with E-state index in [-0.39, 0.29) is 12.5 Å². The van der Waals surface area contributed by atoms with E-state index in [0.29, 0.717) is 0 Å². The maximum absolute atomic E-state index is 4.09. The molecule has 0 saturated carbocycles. The van der Waals surface area contributed by atoms with Crippen molar-refractivity contribution in [3.63, 3.8) is 0 Å². The number of hydrogen-bond donors (Lipinski definition) is 2. The van der Waals surface area contributed by atoms with Gasteiger partial charge in [-0.1, -0.05) is 152 Å². The molecular formula is C47H34N4. The first-order valence-corrected chi connectivity index (χ1v) is 17.8. The largest absolute Gasteiger partial charge is 0.310 e. The summed E-state index contributed by atoms with van der Waals surface area (Å²) in [6.45, 7) is 0.733. The van der Waals surface area contributed by atoms with Gasteiger partial charge in [0.05, 0.1) is 11.0 Å². The second-order valence-corrected chi connectivity index (χ2v) is 13.9. The van der Waals surface area contributed by atoms with Gasteiger partial charge in [0.2, 0.25) is 0 Å². The molecule has 10 aromatic rings. The van der Waals surface area contributed by atoms with Gasteiger partial charge in [-0.15, -0.1) is 0 Å². The van der Waals surface area contributed by atoms with Crippen LogP contribution in [0, 0.1) is 0 Å². The molecule has 51 heavy (non-hydrogen) atoms. The van der Waals surface area contributed by atoms with Crippen LogP contribution >= 0.6 is 0 Å². The number of rotatable bonds is 4. The molecule has 4 heteroatoms. The predicted octanol–water partition coefficient (Wildman–Crippen LogP) is 11.3. The van der Waals surface area contributed by atoms with Crippen LogP contribution in [0.25, 0.3) is 75.7 Å². The highest BCUT2D eigenvalue weighted by Crippen LogP contribution is 2.45. The zero-order valence-electron chi connectivity index (χ0n) is 27.9. The van der Waals surface area contributed by atoms with Crippen molar-refractivity contribution in [2.24, 2.45) is 0 Å². The summed E-state index contributed by atoms with van der Waals surface area (Å²) in [6, 6.07) is 62.2. The highest BCUT2D eigenvalue weighted by Gasteiger charge is 2.35. The zero-order chi connectivity index (χ0) is 33.5. The lowest BCUT2D eigenvalue weighted by molar-refractivity contribution is 0.159. The first kappa shape index (κ1) is 28.8. The maximum atomic E-state index is 4.09. The summed E-state index contributed by atoms with van der Waals surface area (Å²) in [7, 11) is 0. The fourth-order valence-electron chi connectivity index (χ4n) is 8.70. The molecule has 2 heterocycles. The van der Waals surface area contributed by atoms with Gasteiger partial charge in [-0.2, -0.15) is 0 Å². The van der Waals surface area contributed by atoms with Crippen molar-refractivity contribution in [2.75, 3.05) is 0 Å². The quantitative estimate of drug-likeness (QED) is 0.185. The number of para-hydroxylation sites is 1. The summed E-state index contributed by atoms with van der Waals surface area (Å²) in [5.41, 5.74) is 8.94. The topological polar surface area (TPSA) is 32.2 Å². The average molecular weight is 655 g/mol. The molecule has 1 aliphatic rings. The molecule has 0 aliphatic carbocycles. The second-order valence-electron chi connectivity index (χ2n) is 13.9. The molecule has 1 aliphatic heterocycles. The first-order chi connectivity index (χ1) is 25.3. The number of nitrogens with one attached hydrogen (secondary N) is 2. The Kier molecular flexibility index (Phi) is 6.34. The summed E-state index contributed by atoms with van der Waals surface area (Å²) in [4.78, 5) is 0. The summed E-state index contributed by atoms with van der Waals surface area (Å²) < 4.78 is 2.52. The van der Waals surface area contributed by atoms with Crippen LogP contribution in [0.3, 0.4) is 0 Å². The fourth-order valence-corrected chi connectivity index (χ4v) is 8.70. The second kappa shape index (κ2) is 11.2. The third kappa shape index (κ3) is 4.44. The Morgan fingerprint density at radius 3 is 1.86 bits per heavy atom. The molecule has 1 aromatic heterocycles. The predicted molar refractivity (Wildman–Crippen MR) is 213 cm³/mol. The molecule has 0 bridgehead atoms. The lowest BCUT2D eigenvalue weighted by Crippen LogP contribution is -2.35. The van der Waals surface area contributed by atoms with Crippen LogP contribution in [-0.2, 0) is 6.54 Å². The van der Waals surface area contributed by atoms with Crippen LogP contribution in [-0.4, -0.2) is 9.58 Å².